The number of rotatable bonds is 1. The molecule has 1 heterocycles. The van der Waals surface area contributed by atoms with Gasteiger partial charge < -0.3 is 10.6 Å². The molecule has 2 N–H and O–H groups in total. The highest BCUT2D eigenvalue weighted by Crippen LogP contribution is 2.16. The van der Waals surface area contributed by atoms with Crippen molar-refractivity contribution in [3.05, 3.63) is 5.38 Å². The van der Waals surface area contributed by atoms with Crippen molar-refractivity contribution in [2.24, 2.45) is 0 Å². The monoisotopic (exact) mass is 143 g/mol. The van der Waals surface area contributed by atoms with Gasteiger partial charge in [0, 0.05) is 19.5 Å². The van der Waals surface area contributed by atoms with Crippen LogP contribution in [0.25, 0.3) is 0 Å². The zero-order chi connectivity index (χ0) is 6.85. The number of nitrogens with two attached hydrogens (primary N) is 1. The minimum atomic E-state index is 0.624. The van der Waals surface area contributed by atoms with Crippen molar-refractivity contribution >= 4 is 22.3 Å². The van der Waals surface area contributed by atoms with Gasteiger partial charge in [-0.15, -0.1) is 11.3 Å². The van der Waals surface area contributed by atoms with Gasteiger partial charge >= 0.3 is 0 Å². The maximum absolute atomic E-state index is 5.40. The molecule has 4 heteroatoms. The van der Waals surface area contributed by atoms with Gasteiger partial charge in [-0.2, -0.15) is 0 Å². The quantitative estimate of drug-likeness (QED) is 0.632. The Balaban J connectivity index is 2.85. The van der Waals surface area contributed by atoms with E-state index in [0.29, 0.717) is 5.13 Å². The smallest absolute Gasteiger partial charge is 0.182 e. The fourth-order valence-electron chi connectivity index (χ4n) is 0.484. The standard InChI is InChI=1S/C5H9N3S/c1-8(2)4-3-9-5(6)7-4/h3H,1-2H3,(H2,6,7). The summed E-state index contributed by atoms with van der Waals surface area (Å²) in [4.78, 5) is 5.96. The largest absolute Gasteiger partial charge is 0.375 e. The Morgan fingerprint density at radius 1 is 1.67 bits per heavy atom. The highest BCUT2D eigenvalue weighted by Gasteiger charge is 1.97. The van der Waals surface area contributed by atoms with Gasteiger partial charge in [-0.3, -0.25) is 0 Å². The first kappa shape index (κ1) is 6.35. The second kappa shape index (κ2) is 2.23. The molecule has 0 saturated heterocycles. The molecule has 0 saturated carbocycles. The molecule has 1 aromatic heterocycles. The van der Waals surface area contributed by atoms with E-state index in [-0.39, 0.29) is 0 Å². The summed E-state index contributed by atoms with van der Waals surface area (Å²) in [6.07, 6.45) is 0. The lowest BCUT2D eigenvalue weighted by Gasteiger charge is -2.05. The number of anilines is 2. The van der Waals surface area contributed by atoms with Crippen LogP contribution in [0.15, 0.2) is 5.38 Å². The van der Waals surface area contributed by atoms with Gasteiger partial charge in [-0.25, -0.2) is 4.98 Å². The zero-order valence-corrected chi connectivity index (χ0v) is 6.27. The number of hydrogen-bond acceptors (Lipinski definition) is 4. The lowest BCUT2D eigenvalue weighted by molar-refractivity contribution is 1.09. The molecule has 0 aliphatic rings. The van der Waals surface area contributed by atoms with Crippen LogP contribution in [-0.2, 0) is 0 Å². The Kier molecular flexibility index (Phi) is 1.57. The maximum Gasteiger partial charge on any atom is 0.182 e. The van der Waals surface area contributed by atoms with Gasteiger partial charge in [-0.05, 0) is 0 Å². The van der Waals surface area contributed by atoms with E-state index in [0.717, 1.165) is 5.82 Å². The molecule has 0 spiro atoms. The second-order valence-corrected chi connectivity index (χ2v) is 2.83. The van der Waals surface area contributed by atoms with Crippen molar-refractivity contribution in [2.45, 2.75) is 0 Å². The van der Waals surface area contributed by atoms with E-state index in [1.54, 1.807) is 0 Å². The summed E-state index contributed by atoms with van der Waals surface area (Å²) in [7, 11) is 3.88. The summed E-state index contributed by atoms with van der Waals surface area (Å²) in [5.41, 5.74) is 5.40. The van der Waals surface area contributed by atoms with Crippen molar-refractivity contribution in [1.82, 2.24) is 4.98 Å². The van der Waals surface area contributed by atoms with Crippen molar-refractivity contribution in [3.8, 4) is 0 Å². The van der Waals surface area contributed by atoms with Crippen LogP contribution < -0.4 is 10.6 Å². The van der Waals surface area contributed by atoms with Crippen LogP contribution in [-0.4, -0.2) is 19.1 Å². The molecule has 0 aromatic carbocycles. The molecule has 1 aromatic rings. The molecule has 50 valence electrons. The first-order valence-corrected chi connectivity index (χ1v) is 3.46. The highest BCUT2D eigenvalue weighted by atomic mass is 32.1. The third-order valence-corrected chi connectivity index (χ3v) is 1.63. The molecule has 0 atom stereocenters. The van der Waals surface area contributed by atoms with Gasteiger partial charge in [0.25, 0.3) is 0 Å². The van der Waals surface area contributed by atoms with E-state index in [4.69, 9.17) is 5.73 Å². The van der Waals surface area contributed by atoms with Gasteiger partial charge in [-0.1, -0.05) is 0 Å². The Bertz CT molecular complexity index is 194. The van der Waals surface area contributed by atoms with E-state index in [1.165, 1.54) is 11.3 Å². The predicted molar refractivity (Wildman–Crippen MR) is 40.9 cm³/mol. The van der Waals surface area contributed by atoms with E-state index in [9.17, 15) is 0 Å². The Morgan fingerprint density at radius 2 is 2.33 bits per heavy atom. The molecule has 0 fully saturated rings. The lowest BCUT2D eigenvalue weighted by Crippen LogP contribution is -2.08. The zero-order valence-electron chi connectivity index (χ0n) is 5.46. The molecule has 0 bridgehead atoms. The van der Waals surface area contributed by atoms with Crippen molar-refractivity contribution in [2.75, 3.05) is 24.7 Å². The lowest BCUT2D eigenvalue weighted by atomic mass is 10.7. The third kappa shape index (κ3) is 1.32. The average molecular weight is 143 g/mol. The van der Waals surface area contributed by atoms with Crippen molar-refractivity contribution < 1.29 is 0 Å². The summed E-state index contributed by atoms with van der Waals surface area (Å²) in [5.74, 6) is 0.928. The fraction of sp³-hybridized carbons (Fsp3) is 0.400. The first-order chi connectivity index (χ1) is 4.20. The number of nitrogen functional groups attached to an aromatic ring is 1. The van der Waals surface area contributed by atoms with Crippen molar-refractivity contribution in [1.29, 1.82) is 0 Å². The minimum Gasteiger partial charge on any atom is -0.375 e. The van der Waals surface area contributed by atoms with E-state index in [2.05, 4.69) is 4.98 Å². The molecule has 0 unspecified atom stereocenters. The third-order valence-electron chi connectivity index (χ3n) is 0.968. The van der Waals surface area contributed by atoms with Crippen LogP contribution >= 0.6 is 11.3 Å². The maximum atomic E-state index is 5.40. The molecule has 1 rings (SSSR count). The van der Waals surface area contributed by atoms with Crippen LogP contribution in [0.1, 0.15) is 0 Å². The number of aromatic nitrogens is 1. The number of hydrogen-bond donors (Lipinski definition) is 1. The Hall–Kier alpha value is -0.770. The van der Waals surface area contributed by atoms with Crippen LogP contribution in [0, 0.1) is 0 Å². The first-order valence-electron chi connectivity index (χ1n) is 2.58. The normalized spacial score (nSPS) is 9.56. The van der Waals surface area contributed by atoms with Gasteiger partial charge in [0.1, 0.15) is 5.82 Å². The fourth-order valence-corrected chi connectivity index (χ4v) is 1.12. The molecule has 0 aliphatic carbocycles. The highest BCUT2D eigenvalue weighted by molar-refractivity contribution is 7.13. The van der Waals surface area contributed by atoms with E-state index >= 15 is 0 Å². The van der Waals surface area contributed by atoms with Gasteiger partial charge in [0.2, 0.25) is 0 Å². The number of thiazole rings is 1. The predicted octanol–water partition coefficient (Wildman–Crippen LogP) is 0.791. The minimum absolute atomic E-state index is 0.624. The Morgan fingerprint density at radius 3 is 2.56 bits per heavy atom. The molecule has 0 amide bonds. The molecule has 0 radical (unpaired) electrons. The topological polar surface area (TPSA) is 42.1 Å². The number of nitrogens with zero attached hydrogens (tertiary/aromatic N) is 2. The van der Waals surface area contributed by atoms with Gasteiger partial charge in [0.15, 0.2) is 5.13 Å². The average Bonchev–Trinajstić information content (AvgIpc) is 2.14. The molecule has 3 nitrogen and oxygen atoms in total. The SMILES string of the molecule is CN(C)c1csc(N)n1. The molecular weight excluding hydrogens is 134 g/mol. The second-order valence-electron chi connectivity index (χ2n) is 1.94. The molecular formula is C5H9N3S. The Labute approximate surface area is 58.1 Å². The molecule has 9 heavy (non-hydrogen) atoms. The van der Waals surface area contributed by atoms with E-state index < -0.39 is 0 Å². The molecule has 0 aliphatic heterocycles. The summed E-state index contributed by atoms with van der Waals surface area (Å²) in [5, 5.41) is 2.55. The summed E-state index contributed by atoms with van der Waals surface area (Å²) in [6.45, 7) is 0. The summed E-state index contributed by atoms with van der Waals surface area (Å²) < 4.78 is 0. The summed E-state index contributed by atoms with van der Waals surface area (Å²) in [6, 6.07) is 0. The van der Waals surface area contributed by atoms with Crippen LogP contribution in [0.3, 0.4) is 0 Å². The van der Waals surface area contributed by atoms with Crippen molar-refractivity contribution in [3.63, 3.8) is 0 Å². The van der Waals surface area contributed by atoms with Crippen LogP contribution in [0.4, 0.5) is 10.9 Å². The summed E-state index contributed by atoms with van der Waals surface area (Å²) >= 11 is 1.46. The van der Waals surface area contributed by atoms with Crippen LogP contribution in [0.2, 0.25) is 0 Å². The van der Waals surface area contributed by atoms with E-state index in [1.807, 2.05) is 24.4 Å². The van der Waals surface area contributed by atoms with Crippen LogP contribution in [0.5, 0.6) is 0 Å². The van der Waals surface area contributed by atoms with Gasteiger partial charge in [0.05, 0.1) is 0 Å².